The maximum Gasteiger partial charge on any atom is 0.272 e. The summed E-state index contributed by atoms with van der Waals surface area (Å²) >= 11 is 1.53. The molecule has 1 saturated heterocycles. The Labute approximate surface area is 145 Å². The lowest BCUT2D eigenvalue weighted by Crippen LogP contribution is -2.32. The minimum Gasteiger partial charge on any atom is -0.344 e. The van der Waals surface area contributed by atoms with Crippen molar-refractivity contribution in [3.63, 3.8) is 0 Å². The molecule has 1 unspecified atom stereocenters. The minimum absolute atomic E-state index is 0.0211. The Balaban J connectivity index is 1.57. The molecule has 0 spiro atoms. The van der Waals surface area contributed by atoms with Gasteiger partial charge in [-0.1, -0.05) is 32.1 Å². The van der Waals surface area contributed by atoms with E-state index in [-0.39, 0.29) is 11.3 Å². The Morgan fingerprint density at radius 3 is 2.96 bits per heavy atom. The molecule has 0 aliphatic carbocycles. The highest BCUT2D eigenvalue weighted by Crippen LogP contribution is 2.25. The van der Waals surface area contributed by atoms with Crippen LogP contribution in [0.15, 0.2) is 12.3 Å². The van der Waals surface area contributed by atoms with Gasteiger partial charge in [0.05, 0.1) is 12.6 Å². The number of nitrogens with one attached hydrogen (secondary N) is 2. The molecule has 1 amide bonds. The second kappa shape index (κ2) is 6.98. The highest BCUT2D eigenvalue weighted by molar-refractivity contribution is 7.11. The summed E-state index contributed by atoms with van der Waals surface area (Å²) in [6.07, 6.45) is 4.12. The van der Waals surface area contributed by atoms with Gasteiger partial charge in [-0.3, -0.25) is 9.48 Å². The van der Waals surface area contributed by atoms with Crippen LogP contribution in [0.25, 0.3) is 0 Å². The summed E-state index contributed by atoms with van der Waals surface area (Å²) in [6, 6.07) is 2.10. The summed E-state index contributed by atoms with van der Waals surface area (Å²) in [6.45, 7) is 8.64. The van der Waals surface area contributed by atoms with Gasteiger partial charge in [0.15, 0.2) is 0 Å². The molecule has 1 aliphatic rings. The van der Waals surface area contributed by atoms with E-state index in [0.717, 1.165) is 35.9 Å². The van der Waals surface area contributed by atoms with Crippen molar-refractivity contribution in [3.8, 4) is 0 Å². The Hall–Kier alpha value is -1.80. The van der Waals surface area contributed by atoms with Gasteiger partial charge in [-0.05, 0) is 25.5 Å². The smallest absolute Gasteiger partial charge is 0.272 e. The van der Waals surface area contributed by atoms with E-state index in [2.05, 4.69) is 46.7 Å². The second-order valence-corrected chi connectivity index (χ2v) is 8.18. The fourth-order valence-electron chi connectivity index (χ4n) is 2.60. The van der Waals surface area contributed by atoms with Gasteiger partial charge in [0, 0.05) is 18.2 Å². The SMILES string of the molecule is CC(C)(C)c1nnc(CNC(=O)c2ccn(C3CCCNC3)n2)s1. The Morgan fingerprint density at radius 2 is 2.29 bits per heavy atom. The Kier molecular flexibility index (Phi) is 4.96. The van der Waals surface area contributed by atoms with E-state index in [1.807, 2.05) is 10.9 Å². The van der Waals surface area contributed by atoms with Crippen LogP contribution in [-0.4, -0.2) is 39.0 Å². The zero-order valence-electron chi connectivity index (χ0n) is 14.4. The second-order valence-electron chi connectivity index (χ2n) is 7.11. The number of amides is 1. The first-order chi connectivity index (χ1) is 11.4. The van der Waals surface area contributed by atoms with E-state index in [1.54, 1.807) is 6.07 Å². The maximum absolute atomic E-state index is 12.3. The summed E-state index contributed by atoms with van der Waals surface area (Å²) in [5, 5.41) is 20.8. The highest BCUT2D eigenvalue weighted by atomic mass is 32.1. The van der Waals surface area contributed by atoms with Gasteiger partial charge >= 0.3 is 0 Å². The van der Waals surface area contributed by atoms with E-state index in [1.165, 1.54) is 11.3 Å². The van der Waals surface area contributed by atoms with Crippen molar-refractivity contribution in [1.29, 1.82) is 0 Å². The topological polar surface area (TPSA) is 84.7 Å². The molecule has 0 radical (unpaired) electrons. The van der Waals surface area contributed by atoms with Crippen LogP contribution in [0.4, 0.5) is 0 Å². The van der Waals surface area contributed by atoms with Crippen molar-refractivity contribution < 1.29 is 4.79 Å². The molecule has 130 valence electrons. The number of carbonyl (C=O) groups is 1. The molecule has 2 aromatic rings. The predicted molar refractivity (Wildman–Crippen MR) is 93.1 cm³/mol. The fraction of sp³-hybridized carbons (Fsp3) is 0.625. The molecule has 3 heterocycles. The van der Waals surface area contributed by atoms with Crippen molar-refractivity contribution >= 4 is 17.2 Å². The number of piperidine rings is 1. The molecule has 1 atom stereocenters. The third kappa shape index (κ3) is 3.99. The van der Waals surface area contributed by atoms with Crippen molar-refractivity contribution in [2.45, 2.75) is 51.6 Å². The Morgan fingerprint density at radius 1 is 1.46 bits per heavy atom. The molecule has 0 saturated carbocycles. The summed E-state index contributed by atoms with van der Waals surface area (Å²) < 4.78 is 1.89. The summed E-state index contributed by atoms with van der Waals surface area (Å²) in [7, 11) is 0. The Bertz CT molecular complexity index is 695. The third-order valence-electron chi connectivity index (χ3n) is 3.99. The van der Waals surface area contributed by atoms with E-state index >= 15 is 0 Å². The van der Waals surface area contributed by atoms with Gasteiger partial charge in [0.25, 0.3) is 5.91 Å². The number of hydrogen-bond donors (Lipinski definition) is 2. The normalized spacial score (nSPS) is 18.5. The maximum atomic E-state index is 12.3. The van der Waals surface area contributed by atoms with Crippen LogP contribution >= 0.6 is 11.3 Å². The van der Waals surface area contributed by atoms with Crippen LogP contribution < -0.4 is 10.6 Å². The molecular weight excluding hydrogens is 324 g/mol. The summed E-state index contributed by atoms with van der Waals surface area (Å²) in [5.74, 6) is -0.176. The third-order valence-corrected chi connectivity index (χ3v) is 5.34. The van der Waals surface area contributed by atoms with Gasteiger partial charge in [0.1, 0.15) is 15.7 Å². The molecule has 1 fully saturated rings. The molecule has 24 heavy (non-hydrogen) atoms. The van der Waals surface area contributed by atoms with Crippen molar-refractivity contribution in [2.24, 2.45) is 0 Å². The van der Waals surface area contributed by atoms with E-state index in [0.29, 0.717) is 18.3 Å². The first-order valence-corrected chi connectivity index (χ1v) is 9.12. The van der Waals surface area contributed by atoms with Crippen LogP contribution in [-0.2, 0) is 12.0 Å². The zero-order chi connectivity index (χ0) is 17.2. The lowest BCUT2D eigenvalue weighted by Gasteiger charge is -2.22. The number of hydrogen-bond acceptors (Lipinski definition) is 6. The monoisotopic (exact) mass is 348 g/mol. The van der Waals surface area contributed by atoms with Gasteiger partial charge in [-0.2, -0.15) is 5.10 Å². The van der Waals surface area contributed by atoms with Gasteiger partial charge in [-0.25, -0.2) is 0 Å². The highest BCUT2D eigenvalue weighted by Gasteiger charge is 2.20. The molecule has 3 rings (SSSR count). The largest absolute Gasteiger partial charge is 0.344 e. The average molecular weight is 348 g/mol. The van der Waals surface area contributed by atoms with Crippen LogP contribution in [0.1, 0.15) is 60.2 Å². The lowest BCUT2D eigenvalue weighted by atomic mass is 9.98. The van der Waals surface area contributed by atoms with Gasteiger partial charge in [-0.15, -0.1) is 10.2 Å². The van der Waals surface area contributed by atoms with Gasteiger partial charge < -0.3 is 10.6 Å². The van der Waals surface area contributed by atoms with Crippen molar-refractivity contribution in [2.75, 3.05) is 13.1 Å². The zero-order valence-corrected chi connectivity index (χ0v) is 15.2. The quantitative estimate of drug-likeness (QED) is 0.881. The lowest BCUT2D eigenvalue weighted by molar-refractivity contribution is 0.0944. The summed E-state index contributed by atoms with van der Waals surface area (Å²) in [5.41, 5.74) is 0.424. The van der Waals surface area contributed by atoms with Gasteiger partial charge in [0.2, 0.25) is 0 Å². The summed E-state index contributed by atoms with van der Waals surface area (Å²) in [4.78, 5) is 12.3. The predicted octanol–water partition coefficient (Wildman–Crippen LogP) is 1.89. The molecule has 1 aliphatic heterocycles. The average Bonchev–Trinajstić information content (AvgIpc) is 3.22. The first-order valence-electron chi connectivity index (χ1n) is 8.30. The van der Waals surface area contributed by atoms with Crippen LogP contribution in [0.3, 0.4) is 0 Å². The van der Waals surface area contributed by atoms with Crippen LogP contribution in [0, 0.1) is 0 Å². The van der Waals surface area contributed by atoms with E-state index in [4.69, 9.17) is 0 Å². The molecular formula is C16H24N6OS. The standard InChI is InChI=1S/C16H24N6OS/c1-16(2,3)15-20-19-13(24-15)10-18-14(23)12-6-8-22(21-12)11-5-4-7-17-9-11/h6,8,11,17H,4-5,7,9-10H2,1-3H3,(H,18,23). The molecule has 8 heteroatoms. The first kappa shape index (κ1) is 17.0. The molecule has 0 bridgehead atoms. The fourth-order valence-corrected chi connectivity index (χ4v) is 3.43. The minimum atomic E-state index is -0.176. The number of aromatic nitrogens is 4. The molecule has 7 nitrogen and oxygen atoms in total. The van der Waals surface area contributed by atoms with Crippen molar-refractivity contribution in [3.05, 3.63) is 28.0 Å². The number of carbonyl (C=O) groups excluding carboxylic acids is 1. The van der Waals surface area contributed by atoms with E-state index < -0.39 is 0 Å². The molecule has 2 N–H and O–H groups in total. The van der Waals surface area contributed by atoms with Crippen LogP contribution in [0.2, 0.25) is 0 Å². The molecule has 0 aromatic carbocycles. The number of rotatable bonds is 4. The van der Waals surface area contributed by atoms with Crippen molar-refractivity contribution in [1.82, 2.24) is 30.6 Å². The molecule has 2 aromatic heterocycles. The van der Waals surface area contributed by atoms with E-state index in [9.17, 15) is 4.79 Å². The number of nitrogens with zero attached hydrogens (tertiary/aromatic N) is 4. The van der Waals surface area contributed by atoms with Crippen LogP contribution in [0.5, 0.6) is 0 Å².